The molecule has 0 radical (unpaired) electrons. The zero-order valence-corrected chi connectivity index (χ0v) is 18.6. The summed E-state index contributed by atoms with van der Waals surface area (Å²) in [6.07, 6.45) is 1.35. The molecule has 0 aliphatic rings. The van der Waals surface area contributed by atoms with Crippen molar-refractivity contribution in [2.24, 2.45) is 0 Å². The van der Waals surface area contributed by atoms with E-state index in [2.05, 4.69) is 10.6 Å². The van der Waals surface area contributed by atoms with Gasteiger partial charge < -0.3 is 15.4 Å². The molecule has 9 heteroatoms. The minimum atomic E-state index is -0.644. The summed E-state index contributed by atoms with van der Waals surface area (Å²) in [5.74, 6) is -0.842. The number of hydrogen-bond donors (Lipinski definition) is 2. The lowest BCUT2D eigenvalue weighted by atomic mass is 10.1. The average Bonchev–Trinajstić information content (AvgIpc) is 2.80. The number of amides is 2. The number of carbonyl (C=O) groups is 2. The van der Waals surface area contributed by atoms with Crippen molar-refractivity contribution in [2.75, 3.05) is 12.4 Å². The lowest BCUT2D eigenvalue weighted by molar-refractivity contribution is -0.384. The Morgan fingerprint density at radius 1 is 1.06 bits per heavy atom. The van der Waals surface area contributed by atoms with Gasteiger partial charge in [-0.15, -0.1) is 0 Å². The predicted molar refractivity (Wildman–Crippen MR) is 126 cm³/mol. The van der Waals surface area contributed by atoms with Gasteiger partial charge in [-0.2, -0.15) is 0 Å². The Bertz CT molecular complexity index is 1240. The number of nitro benzene ring substituents is 1. The van der Waals surface area contributed by atoms with Gasteiger partial charge in [-0.25, -0.2) is 0 Å². The summed E-state index contributed by atoms with van der Waals surface area (Å²) in [6, 6.07) is 17.3. The van der Waals surface area contributed by atoms with E-state index >= 15 is 0 Å². The fourth-order valence-corrected chi connectivity index (χ4v) is 3.09. The first-order valence-electron chi connectivity index (χ1n) is 9.76. The summed E-state index contributed by atoms with van der Waals surface area (Å²) in [6.45, 7) is 1.91. The van der Waals surface area contributed by atoms with Crippen LogP contribution in [-0.2, 0) is 4.79 Å². The van der Waals surface area contributed by atoms with Crippen molar-refractivity contribution in [1.29, 1.82) is 0 Å². The summed E-state index contributed by atoms with van der Waals surface area (Å²) in [5, 5.41) is 16.5. The molecule has 0 bridgehead atoms. The number of aryl methyl sites for hydroxylation is 1. The fourth-order valence-electron chi connectivity index (χ4n) is 2.88. The third kappa shape index (κ3) is 6.18. The van der Waals surface area contributed by atoms with Crippen molar-refractivity contribution in [3.63, 3.8) is 0 Å². The SMILES string of the molecule is COc1ccc(Cl)c(C(=O)NC(=Cc2cccc([N+](=O)[O-])c2)C(=O)Nc2ccc(C)cc2)c1. The molecule has 2 N–H and O–H groups in total. The van der Waals surface area contributed by atoms with Crippen molar-refractivity contribution < 1.29 is 19.2 Å². The maximum atomic E-state index is 13.0. The van der Waals surface area contributed by atoms with E-state index in [9.17, 15) is 19.7 Å². The molecule has 0 saturated heterocycles. The third-order valence-electron chi connectivity index (χ3n) is 4.61. The molecule has 0 atom stereocenters. The number of nitrogens with zero attached hydrogens (tertiary/aromatic N) is 1. The number of rotatable bonds is 7. The number of nitrogens with one attached hydrogen (secondary N) is 2. The van der Waals surface area contributed by atoms with E-state index < -0.39 is 16.7 Å². The van der Waals surface area contributed by atoms with Crippen molar-refractivity contribution in [2.45, 2.75) is 6.92 Å². The van der Waals surface area contributed by atoms with Crippen molar-refractivity contribution in [1.82, 2.24) is 5.32 Å². The van der Waals surface area contributed by atoms with Crippen LogP contribution in [0.3, 0.4) is 0 Å². The van der Waals surface area contributed by atoms with Gasteiger partial charge in [0.15, 0.2) is 0 Å². The molecule has 8 nitrogen and oxygen atoms in total. The smallest absolute Gasteiger partial charge is 0.272 e. The Hall–Kier alpha value is -4.17. The maximum absolute atomic E-state index is 13.0. The highest BCUT2D eigenvalue weighted by Gasteiger charge is 2.18. The van der Waals surface area contributed by atoms with Crippen LogP contribution in [0.25, 0.3) is 6.08 Å². The van der Waals surface area contributed by atoms with Gasteiger partial charge in [-0.1, -0.05) is 41.4 Å². The fraction of sp³-hybridized carbons (Fsp3) is 0.0833. The molecule has 3 aromatic rings. The van der Waals surface area contributed by atoms with Crippen LogP contribution >= 0.6 is 11.6 Å². The molecule has 3 rings (SSSR count). The second-order valence-electron chi connectivity index (χ2n) is 7.03. The molecular formula is C24H20ClN3O5. The van der Waals surface area contributed by atoms with Gasteiger partial charge in [0.25, 0.3) is 17.5 Å². The Kier molecular flexibility index (Phi) is 7.42. The molecule has 33 heavy (non-hydrogen) atoms. The molecule has 0 heterocycles. The summed E-state index contributed by atoms with van der Waals surface area (Å²) in [5.41, 5.74) is 1.72. The van der Waals surface area contributed by atoms with Crippen LogP contribution in [0.4, 0.5) is 11.4 Å². The number of non-ortho nitro benzene ring substituents is 1. The molecule has 0 unspecified atom stereocenters. The highest BCUT2D eigenvalue weighted by molar-refractivity contribution is 6.34. The van der Waals surface area contributed by atoms with Gasteiger partial charge in [-0.05, 0) is 48.9 Å². The molecule has 0 saturated carbocycles. The number of benzene rings is 3. The lowest BCUT2D eigenvalue weighted by Gasteiger charge is -2.13. The van der Waals surface area contributed by atoms with Crippen LogP contribution in [0.2, 0.25) is 5.02 Å². The summed E-state index contributed by atoms with van der Waals surface area (Å²) in [7, 11) is 1.45. The maximum Gasteiger partial charge on any atom is 0.272 e. The first-order valence-corrected chi connectivity index (χ1v) is 10.1. The monoisotopic (exact) mass is 465 g/mol. The minimum absolute atomic E-state index is 0.101. The number of hydrogen-bond acceptors (Lipinski definition) is 5. The lowest BCUT2D eigenvalue weighted by Crippen LogP contribution is -2.31. The van der Waals surface area contributed by atoms with Crippen LogP contribution in [-0.4, -0.2) is 23.8 Å². The van der Waals surface area contributed by atoms with Gasteiger partial charge in [0.05, 0.1) is 22.6 Å². The molecule has 0 aliphatic carbocycles. The molecule has 0 fully saturated rings. The van der Waals surface area contributed by atoms with Crippen LogP contribution in [0.15, 0.2) is 72.4 Å². The number of ether oxygens (including phenoxy) is 1. The summed E-state index contributed by atoms with van der Waals surface area (Å²) in [4.78, 5) is 36.5. The number of halogens is 1. The van der Waals surface area contributed by atoms with Crippen molar-refractivity contribution in [3.8, 4) is 5.75 Å². The molecule has 2 amide bonds. The van der Waals surface area contributed by atoms with Gasteiger partial charge >= 0.3 is 0 Å². The normalized spacial score (nSPS) is 10.9. The molecular weight excluding hydrogens is 446 g/mol. The van der Waals surface area contributed by atoms with E-state index in [1.807, 2.05) is 19.1 Å². The number of nitro groups is 1. The van der Waals surface area contributed by atoms with E-state index in [0.717, 1.165) is 5.56 Å². The Morgan fingerprint density at radius 3 is 2.45 bits per heavy atom. The Labute approximate surface area is 195 Å². The highest BCUT2D eigenvalue weighted by Crippen LogP contribution is 2.23. The number of methoxy groups -OCH3 is 1. The van der Waals surface area contributed by atoms with E-state index in [4.69, 9.17) is 16.3 Å². The van der Waals surface area contributed by atoms with Gasteiger partial charge in [0.2, 0.25) is 0 Å². The highest BCUT2D eigenvalue weighted by atomic mass is 35.5. The minimum Gasteiger partial charge on any atom is -0.497 e. The van der Waals surface area contributed by atoms with E-state index in [1.165, 1.54) is 43.5 Å². The average molecular weight is 466 g/mol. The third-order valence-corrected chi connectivity index (χ3v) is 4.94. The Balaban J connectivity index is 1.96. The summed E-state index contributed by atoms with van der Waals surface area (Å²) < 4.78 is 5.14. The number of carbonyl (C=O) groups excluding carboxylic acids is 2. The first-order chi connectivity index (χ1) is 15.8. The van der Waals surface area contributed by atoms with Gasteiger partial charge in [-0.3, -0.25) is 19.7 Å². The van der Waals surface area contributed by atoms with Crippen LogP contribution < -0.4 is 15.4 Å². The Morgan fingerprint density at radius 2 is 1.79 bits per heavy atom. The zero-order chi connectivity index (χ0) is 24.0. The largest absolute Gasteiger partial charge is 0.497 e. The second kappa shape index (κ2) is 10.4. The van der Waals surface area contributed by atoms with E-state index in [-0.39, 0.29) is 22.0 Å². The predicted octanol–water partition coefficient (Wildman–Crippen LogP) is 4.97. The quantitative estimate of drug-likeness (QED) is 0.290. The van der Waals surface area contributed by atoms with Crippen LogP contribution in [0.5, 0.6) is 5.75 Å². The second-order valence-corrected chi connectivity index (χ2v) is 7.44. The van der Waals surface area contributed by atoms with Crippen molar-refractivity contribution in [3.05, 3.63) is 104 Å². The van der Waals surface area contributed by atoms with Crippen LogP contribution in [0.1, 0.15) is 21.5 Å². The molecule has 0 aromatic heterocycles. The molecule has 3 aromatic carbocycles. The van der Waals surface area contributed by atoms with Crippen molar-refractivity contribution >= 4 is 40.9 Å². The molecule has 0 spiro atoms. The van der Waals surface area contributed by atoms with E-state index in [1.54, 1.807) is 24.3 Å². The molecule has 168 valence electrons. The number of anilines is 1. The van der Waals surface area contributed by atoms with Gasteiger partial charge in [0, 0.05) is 17.8 Å². The first kappa shape index (κ1) is 23.5. The van der Waals surface area contributed by atoms with Crippen LogP contribution in [0, 0.1) is 17.0 Å². The topological polar surface area (TPSA) is 111 Å². The molecule has 0 aliphatic heterocycles. The summed E-state index contributed by atoms with van der Waals surface area (Å²) >= 11 is 6.16. The standard InChI is InChI=1S/C24H20ClN3O5/c1-15-6-8-17(9-7-15)26-24(30)22(13-16-4-3-5-18(12-16)28(31)32)27-23(29)20-14-19(33-2)10-11-21(20)25/h3-14H,1-2H3,(H,26,30)(H,27,29). The zero-order valence-electron chi connectivity index (χ0n) is 17.8. The van der Waals surface area contributed by atoms with E-state index in [0.29, 0.717) is 17.0 Å². The van der Waals surface area contributed by atoms with Gasteiger partial charge in [0.1, 0.15) is 11.4 Å².